The minimum atomic E-state index is -0.0649. The molecule has 0 spiro atoms. The Balaban J connectivity index is 1.54. The fourth-order valence-corrected chi connectivity index (χ4v) is 5.21. The fraction of sp³-hybridized carbons (Fsp3) is 0.231. The third-order valence-corrected chi connectivity index (χ3v) is 6.74. The quantitative estimate of drug-likeness (QED) is 0.460. The molecule has 0 atom stereocenters. The predicted molar refractivity (Wildman–Crippen MR) is 134 cm³/mol. The predicted octanol–water partition coefficient (Wildman–Crippen LogP) is 5.28. The van der Waals surface area contributed by atoms with E-state index in [1.54, 1.807) is 11.0 Å². The Bertz CT molecular complexity index is 1230. The molecule has 1 saturated heterocycles. The monoisotopic (exact) mass is 459 g/mol. The number of likely N-dealkylation sites (N-methyl/N-ethyl adjacent to an activating group) is 1. The van der Waals surface area contributed by atoms with E-state index in [1.807, 2.05) is 24.3 Å². The van der Waals surface area contributed by atoms with E-state index in [1.165, 1.54) is 17.3 Å². The van der Waals surface area contributed by atoms with Gasteiger partial charge in [0.2, 0.25) is 0 Å². The van der Waals surface area contributed by atoms with Gasteiger partial charge in [0.25, 0.3) is 5.91 Å². The minimum absolute atomic E-state index is 0.0649. The molecule has 1 fully saturated rings. The molecular formula is C26H25N3O3S. The lowest BCUT2D eigenvalue weighted by molar-refractivity contribution is -0.121. The Morgan fingerprint density at radius 1 is 1.09 bits per heavy atom. The lowest BCUT2D eigenvalue weighted by Crippen LogP contribution is -2.31. The van der Waals surface area contributed by atoms with Gasteiger partial charge in [-0.2, -0.15) is 0 Å². The molecule has 0 aliphatic carbocycles. The van der Waals surface area contributed by atoms with Crippen LogP contribution in [0.25, 0.3) is 6.08 Å². The molecule has 5 rings (SSSR count). The van der Waals surface area contributed by atoms with Crippen molar-refractivity contribution in [2.24, 2.45) is 4.99 Å². The molecule has 3 heterocycles. The summed E-state index contributed by atoms with van der Waals surface area (Å²) in [4.78, 5) is 22.8. The number of amidine groups is 1. The number of anilines is 1. The van der Waals surface area contributed by atoms with Crippen molar-refractivity contribution < 1.29 is 14.3 Å². The number of carbonyl (C=O) groups is 1. The van der Waals surface area contributed by atoms with E-state index in [0.29, 0.717) is 47.0 Å². The maximum atomic E-state index is 13.5. The number of fused-ring (bicyclic) bond motifs is 2. The summed E-state index contributed by atoms with van der Waals surface area (Å²) in [5.74, 6) is 1.32. The fourth-order valence-electron chi connectivity index (χ4n) is 4.13. The molecule has 0 saturated carbocycles. The summed E-state index contributed by atoms with van der Waals surface area (Å²) in [7, 11) is 0. The Hall–Kier alpha value is -3.45. The highest BCUT2D eigenvalue weighted by atomic mass is 32.2. The zero-order valence-corrected chi connectivity index (χ0v) is 19.5. The second kappa shape index (κ2) is 8.83. The standard InChI is InChI=1S/C26H25N3O3S/c1-4-12-29-25(30)24(21-10-7-18-15-17(3)6-9-20(18)28(21)5-2)33-26(29)27-19-8-11-22-23(16-19)32-14-13-31-22/h4,6-11,15-16H,1,5,12-14H2,2-3H3. The van der Waals surface area contributed by atoms with Crippen LogP contribution in [0.4, 0.5) is 11.4 Å². The molecule has 33 heavy (non-hydrogen) atoms. The van der Waals surface area contributed by atoms with Crippen LogP contribution in [0.3, 0.4) is 0 Å². The summed E-state index contributed by atoms with van der Waals surface area (Å²) in [5, 5.41) is 0.623. The third-order valence-electron chi connectivity index (χ3n) is 5.66. The van der Waals surface area contributed by atoms with Crippen LogP contribution >= 0.6 is 11.8 Å². The summed E-state index contributed by atoms with van der Waals surface area (Å²) < 4.78 is 11.3. The zero-order chi connectivity index (χ0) is 22.9. The van der Waals surface area contributed by atoms with Gasteiger partial charge in [-0.05, 0) is 61.5 Å². The van der Waals surface area contributed by atoms with Crippen LogP contribution in [-0.2, 0) is 4.79 Å². The lowest BCUT2D eigenvalue weighted by Gasteiger charge is -2.30. The van der Waals surface area contributed by atoms with Gasteiger partial charge in [-0.1, -0.05) is 23.8 Å². The average molecular weight is 460 g/mol. The number of ether oxygens (including phenoxy) is 2. The van der Waals surface area contributed by atoms with Crippen molar-refractivity contribution in [3.8, 4) is 11.5 Å². The summed E-state index contributed by atoms with van der Waals surface area (Å²) in [6.45, 7) is 10.2. The van der Waals surface area contributed by atoms with Crippen LogP contribution in [-0.4, -0.2) is 42.3 Å². The van der Waals surface area contributed by atoms with Crippen LogP contribution < -0.4 is 14.4 Å². The van der Waals surface area contributed by atoms with E-state index in [0.717, 1.165) is 23.5 Å². The number of allylic oxidation sites excluding steroid dienone is 1. The second-order valence-corrected chi connectivity index (χ2v) is 8.86. The highest BCUT2D eigenvalue weighted by Gasteiger charge is 2.36. The molecule has 2 aromatic carbocycles. The number of amides is 1. The maximum Gasteiger partial charge on any atom is 0.269 e. The number of aliphatic imine (C=N–C) groups is 1. The van der Waals surface area contributed by atoms with E-state index in [2.05, 4.69) is 49.6 Å². The molecular weight excluding hydrogens is 434 g/mol. The van der Waals surface area contributed by atoms with Crippen molar-refractivity contribution in [1.29, 1.82) is 0 Å². The minimum Gasteiger partial charge on any atom is -0.486 e. The summed E-state index contributed by atoms with van der Waals surface area (Å²) in [6, 6.07) is 12.0. The third kappa shape index (κ3) is 3.93. The SMILES string of the molecule is C=CCN1C(=O)C(=C2C=Cc3cc(C)ccc3N2CC)SC1=Nc1ccc2c(c1)OCCO2. The first-order chi connectivity index (χ1) is 16.1. The molecule has 2 aromatic rings. The highest BCUT2D eigenvalue weighted by molar-refractivity contribution is 8.18. The number of thioether (sulfide) groups is 1. The Morgan fingerprint density at radius 3 is 2.70 bits per heavy atom. The highest BCUT2D eigenvalue weighted by Crippen LogP contribution is 2.41. The Labute approximate surface area is 197 Å². The molecule has 0 radical (unpaired) electrons. The second-order valence-electron chi connectivity index (χ2n) is 7.88. The van der Waals surface area contributed by atoms with Crippen molar-refractivity contribution >= 4 is 40.3 Å². The van der Waals surface area contributed by atoms with E-state index < -0.39 is 0 Å². The molecule has 0 aromatic heterocycles. The maximum absolute atomic E-state index is 13.5. The lowest BCUT2D eigenvalue weighted by atomic mass is 10.0. The first-order valence-electron chi connectivity index (χ1n) is 11.0. The van der Waals surface area contributed by atoms with Gasteiger partial charge in [-0.25, -0.2) is 4.99 Å². The average Bonchev–Trinajstić information content (AvgIpc) is 3.13. The van der Waals surface area contributed by atoms with Crippen molar-refractivity contribution in [3.05, 3.63) is 76.9 Å². The first kappa shape index (κ1) is 21.4. The van der Waals surface area contributed by atoms with Crippen LogP contribution in [0.5, 0.6) is 11.5 Å². The normalized spacial score (nSPS) is 20.4. The van der Waals surface area contributed by atoms with Gasteiger partial charge in [-0.15, -0.1) is 6.58 Å². The molecule has 0 unspecified atom stereocenters. The molecule has 6 nitrogen and oxygen atoms in total. The topological polar surface area (TPSA) is 54.4 Å². The largest absolute Gasteiger partial charge is 0.486 e. The Morgan fingerprint density at radius 2 is 1.91 bits per heavy atom. The van der Waals surface area contributed by atoms with Crippen LogP contribution in [0.2, 0.25) is 0 Å². The zero-order valence-electron chi connectivity index (χ0n) is 18.7. The van der Waals surface area contributed by atoms with E-state index in [-0.39, 0.29) is 5.91 Å². The molecule has 3 aliphatic rings. The van der Waals surface area contributed by atoms with Gasteiger partial charge in [-0.3, -0.25) is 9.69 Å². The van der Waals surface area contributed by atoms with E-state index in [4.69, 9.17) is 14.5 Å². The molecule has 0 N–H and O–H groups in total. The van der Waals surface area contributed by atoms with Crippen molar-refractivity contribution in [3.63, 3.8) is 0 Å². The van der Waals surface area contributed by atoms with Gasteiger partial charge < -0.3 is 14.4 Å². The number of hydrogen-bond acceptors (Lipinski definition) is 6. The van der Waals surface area contributed by atoms with Gasteiger partial charge in [0, 0.05) is 24.8 Å². The number of carbonyl (C=O) groups excluding carboxylic acids is 1. The molecule has 0 bridgehead atoms. The van der Waals surface area contributed by atoms with E-state index >= 15 is 0 Å². The number of hydrogen-bond donors (Lipinski definition) is 0. The van der Waals surface area contributed by atoms with Crippen molar-refractivity contribution in [1.82, 2.24) is 4.90 Å². The van der Waals surface area contributed by atoms with Crippen LogP contribution in [0.15, 0.2) is 70.7 Å². The van der Waals surface area contributed by atoms with Crippen molar-refractivity contribution in [2.45, 2.75) is 13.8 Å². The van der Waals surface area contributed by atoms with E-state index in [9.17, 15) is 4.79 Å². The summed E-state index contributed by atoms with van der Waals surface area (Å²) in [5.41, 5.74) is 5.08. The molecule has 1 amide bonds. The molecule has 7 heteroatoms. The number of nitrogens with zero attached hydrogens (tertiary/aromatic N) is 3. The smallest absolute Gasteiger partial charge is 0.269 e. The number of aryl methyl sites for hydroxylation is 1. The van der Waals surface area contributed by atoms with Crippen LogP contribution in [0.1, 0.15) is 18.1 Å². The number of rotatable bonds is 4. The van der Waals surface area contributed by atoms with Gasteiger partial charge >= 0.3 is 0 Å². The molecule has 168 valence electrons. The summed E-state index contributed by atoms with van der Waals surface area (Å²) >= 11 is 1.40. The van der Waals surface area contributed by atoms with Crippen LogP contribution in [0, 0.1) is 6.92 Å². The number of benzene rings is 2. The molecule has 3 aliphatic heterocycles. The first-order valence-corrected chi connectivity index (χ1v) is 11.8. The summed E-state index contributed by atoms with van der Waals surface area (Å²) in [6.07, 6.45) is 5.83. The van der Waals surface area contributed by atoms with Gasteiger partial charge in [0.15, 0.2) is 16.7 Å². The van der Waals surface area contributed by atoms with Crippen molar-refractivity contribution in [2.75, 3.05) is 31.2 Å². The van der Waals surface area contributed by atoms with Gasteiger partial charge in [0.05, 0.1) is 11.4 Å². The Kier molecular flexibility index (Phi) is 5.72. The van der Waals surface area contributed by atoms with Gasteiger partial charge in [0.1, 0.15) is 18.1 Å².